The van der Waals surface area contributed by atoms with Crippen molar-refractivity contribution in [2.75, 3.05) is 18.0 Å². The second kappa shape index (κ2) is 11.0. The van der Waals surface area contributed by atoms with Gasteiger partial charge in [-0.15, -0.1) is 11.3 Å². The molecule has 1 amide bonds. The first-order valence-corrected chi connectivity index (χ1v) is 14.5. The molecule has 0 radical (unpaired) electrons. The lowest BCUT2D eigenvalue weighted by molar-refractivity contribution is 0.0445. The van der Waals surface area contributed by atoms with Gasteiger partial charge in [0, 0.05) is 29.4 Å². The maximum Gasteiger partial charge on any atom is 0.408 e. The number of ether oxygens (including phenoxy) is 1. The van der Waals surface area contributed by atoms with E-state index in [1.165, 1.54) is 21.6 Å². The second-order valence-electron chi connectivity index (χ2n) is 12.0. The molecule has 42 heavy (non-hydrogen) atoms. The molecule has 4 aromatic rings. The summed E-state index contributed by atoms with van der Waals surface area (Å²) in [4.78, 5) is 33.2. The standard InChI is InChI=1S/C30H34F2N6O3S/c1-18(25-19(2)34-26(42-25)37-15-30(6,16-37)35-27(39)41-29(3,4)5)20-10-12-21(13-11-20)38-28(40)36(17-33-38)14-22-23(31)8-7-9-24(22)32/h7-13,17-18H,14-16H2,1-6H3,(H,35,39). The molecule has 3 heterocycles. The Balaban J connectivity index is 1.25. The van der Waals surface area contributed by atoms with Crippen molar-refractivity contribution in [2.24, 2.45) is 0 Å². The van der Waals surface area contributed by atoms with Gasteiger partial charge in [-0.3, -0.25) is 4.57 Å². The van der Waals surface area contributed by atoms with Crippen LogP contribution in [-0.4, -0.2) is 49.7 Å². The number of alkyl carbamates (subject to hydrolysis) is 1. The van der Waals surface area contributed by atoms with Crippen LogP contribution in [0.25, 0.3) is 5.69 Å². The number of halogens is 2. The van der Waals surface area contributed by atoms with Crippen LogP contribution >= 0.6 is 11.3 Å². The Hall–Kier alpha value is -4.06. The molecule has 0 spiro atoms. The highest BCUT2D eigenvalue weighted by Gasteiger charge is 2.42. The number of thiazole rings is 1. The van der Waals surface area contributed by atoms with E-state index < -0.39 is 34.6 Å². The second-order valence-corrected chi connectivity index (χ2v) is 13.0. The molecule has 2 aromatic carbocycles. The average molecular weight is 597 g/mol. The number of nitrogens with one attached hydrogen (secondary N) is 1. The number of rotatable bonds is 7. The number of hydrogen-bond donors (Lipinski definition) is 1. The molecule has 5 rings (SSSR count). The Morgan fingerprint density at radius 1 is 1.14 bits per heavy atom. The molecule has 222 valence electrons. The van der Waals surface area contributed by atoms with Crippen LogP contribution in [-0.2, 0) is 11.3 Å². The maximum atomic E-state index is 14.1. The van der Waals surface area contributed by atoms with Gasteiger partial charge in [-0.05, 0) is 64.4 Å². The third-order valence-electron chi connectivity index (χ3n) is 7.13. The maximum absolute atomic E-state index is 14.1. The zero-order chi connectivity index (χ0) is 30.4. The van der Waals surface area contributed by atoms with Crippen LogP contribution in [0.2, 0.25) is 0 Å². The smallest absolute Gasteiger partial charge is 0.408 e. The van der Waals surface area contributed by atoms with E-state index in [9.17, 15) is 18.4 Å². The number of anilines is 1. The zero-order valence-electron chi connectivity index (χ0n) is 24.4. The van der Waals surface area contributed by atoms with Gasteiger partial charge in [0.1, 0.15) is 23.6 Å². The average Bonchev–Trinajstić information content (AvgIpc) is 3.45. The van der Waals surface area contributed by atoms with E-state index in [-0.39, 0.29) is 18.0 Å². The fourth-order valence-corrected chi connectivity index (χ4v) is 6.16. The van der Waals surface area contributed by atoms with Crippen molar-refractivity contribution in [3.63, 3.8) is 0 Å². The molecule has 1 aliphatic heterocycles. The van der Waals surface area contributed by atoms with Gasteiger partial charge in [0.05, 0.1) is 23.5 Å². The van der Waals surface area contributed by atoms with E-state index in [2.05, 4.69) is 22.2 Å². The molecule has 1 saturated heterocycles. The van der Waals surface area contributed by atoms with E-state index >= 15 is 0 Å². The molecule has 1 aliphatic rings. The van der Waals surface area contributed by atoms with Crippen molar-refractivity contribution in [1.29, 1.82) is 0 Å². The fraction of sp³-hybridized carbons (Fsp3) is 0.400. The first-order valence-electron chi connectivity index (χ1n) is 13.6. The molecule has 1 atom stereocenters. The molecule has 1 N–H and O–H groups in total. The molecule has 0 bridgehead atoms. The number of aromatic nitrogens is 4. The summed E-state index contributed by atoms with van der Waals surface area (Å²) in [5.41, 5.74) is 0.893. The first kappa shape index (κ1) is 29.4. The van der Waals surface area contributed by atoms with Gasteiger partial charge < -0.3 is 15.0 Å². The molecule has 12 heteroatoms. The Labute approximate surface area is 246 Å². The predicted molar refractivity (Wildman–Crippen MR) is 158 cm³/mol. The minimum Gasteiger partial charge on any atom is -0.444 e. The molecular formula is C30H34F2N6O3S. The van der Waals surface area contributed by atoms with Crippen molar-refractivity contribution in [1.82, 2.24) is 24.6 Å². The van der Waals surface area contributed by atoms with Gasteiger partial charge in [0.25, 0.3) is 0 Å². The highest BCUT2D eigenvalue weighted by atomic mass is 32.1. The number of aryl methyl sites for hydroxylation is 1. The molecule has 1 fully saturated rings. The third kappa shape index (κ3) is 6.08. The Kier molecular flexibility index (Phi) is 7.69. The zero-order valence-corrected chi connectivity index (χ0v) is 25.3. The van der Waals surface area contributed by atoms with E-state index in [0.717, 1.165) is 33.4 Å². The summed E-state index contributed by atoms with van der Waals surface area (Å²) in [6.07, 6.45) is 0.849. The van der Waals surface area contributed by atoms with Crippen molar-refractivity contribution in [3.8, 4) is 5.69 Å². The molecule has 2 aromatic heterocycles. The number of carbonyl (C=O) groups excluding carboxylic acids is 1. The Morgan fingerprint density at radius 2 is 1.79 bits per heavy atom. The predicted octanol–water partition coefficient (Wildman–Crippen LogP) is 5.38. The van der Waals surface area contributed by atoms with Gasteiger partial charge in [-0.2, -0.15) is 9.78 Å². The van der Waals surface area contributed by atoms with Gasteiger partial charge in [0.2, 0.25) is 0 Å². The summed E-state index contributed by atoms with van der Waals surface area (Å²) >= 11 is 1.62. The summed E-state index contributed by atoms with van der Waals surface area (Å²) < 4.78 is 35.9. The minimum absolute atomic E-state index is 0.0520. The van der Waals surface area contributed by atoms with Crippen molar-refractivity contribution < 1.29 is 18.3 Å². The van der Waals surface area contributed by atoms with E-state index in [1.54, 1.807) is 23.5 Å². The molecule has 9 nitrogen and oxygen atoms in total. The topological polar surface area (TPSA) is 94.3 Å². The molecule has 1 unspecified atom stereocenters. The summed E-state index contributed by atoms with van der Waals surface area (Å²) in [5, 5.41) is 8.02. The number of benzene rings is 2. The fourth-order valence-electron chi connectivity index (χ4n) is 5.02. The highest BCUT2D eigenvalue weighted by molar-refractivity contribution is 7.15. The van der Waals surface area contributed by atoms with Crippen LogP contribution in [0.15, 0.2) is 53.6 Å². The molecule has 0 aliphatic carbocycles. The van der Waals surface area contributed by atoms with Gasteiger partial charge in [-0.1, -0.05) is 25.1 Å². The Bertz CT molecular complexity index is 1650. The van der Waals surface area contributed by atoms with Crippen LogP contribution in [0.4, 0.5) is 18.7 Å². The Morgan fingerprint density at radius 3 is 2.40 bits per heavy atom. The number of hydrogen-bond acceptors (Lipinski definition) is 7. The number of nitrogens with zero attached hydrogens (tertiary/aromatic N) is 5. The van der Waals surface area contributed by atoms with Crippen LogP contribution in [0.5, 0.6) is 0 Å². The van der Waals surface area contributed by atoms with Crippen molar-refractivity contribution >= 4 is 22.6 Å². The summed E-state index contributed by atoms with van der Waals surface area (Å²) in [6.45, 7) is 12.6. The van der Waals surface area contributed by atoms with Crippen molar-refractivity contribution in [2.45, 2.75) is 65.1 Å². The quantitative estimate of drug-likeness (QED) is 0.308. The van der Waals surface area contributed by atoms with Crippen LogP contribution in [0.1, 0.15) is 62.2 Å². The van der Waals surface area contributed by atoms with Gasteiger partial charge in [0.15, 0.2) is 5.13 Å². The van der Waals surface area contributed by atoms with Crippen molar-refractivity contribution in [3.05, 3.63) is 92.6 Å². The van der Waals surface area contributed by atoms with Crippen LogP contribution in [0, 0.1) is 18.6 Å². The molecule has 0 saturated carbocycles. The molecular weight excluding hydrogens is 562 g/mol. The van der Waals surface area contributed by atoms with Gasteiger partial charge >= 0.3 is 11.8 Å². The van der Waals surface area contributed by atoms with E-state index in [1.807, 2.05) is 46.8 Å². The van der Waals surface area contributed by atoms with Gasteiger partial charge in [-0.25, -0.2) is 23.4 Å². The van der Waals surface area contributed by atoms with Crippen LogP contribution in [0.3, 0.4) is 0 Å². The third-order valence-corrected chi connectivity index (χ3v) is 8.53. The normalized spacial score (nSPS) is 15.3. The SMILES string of the molecule is Cc1nc(N2CC(C)(NC(=O)OC(C)(C)C)C2)sc1C(C)c1ccc(-n2ncn(Cc3c(F)cccc3F)c2=O)cc1. The summed E-state index contributed by atoms with van der Waals surface area (Å²) in [6, 6.07) is 11.1. The number of carbonyl (C=O) groups is 1. The monoisotopic (exact) mass is 596 g/mol. The van der Waals surface area contributed by atoms with E-state index in [4.69, 9.17) is 9.72 Å². The lowest BCUT2D eigenvalue weighted by atomic mass is 9.93. The minimum atomic E-state index is -0.713. The first-order chi connectivity index (χ1) is 19.7. The lowest BCUT2D eigenvalue weighted by Gasteiger charge is -2.48. The number of amides is 1. The highest BCUT2D eigenvalue weighted by Crippen LogP contribution is 2.38. The lowest BCUT2D eigenvalue weighted by Crippen LogP contribution is -2.69. The largest absolute Gasteiger partial charge is 0.444 e. The summed E-state index contributed by atoms with van der Waals surface area (Å²) in [5.74, 6) is -1.37. The van der Waals surface area contributed by atoms with Crippen LogP contribution < -0.4 is 15.9 Å². The van der Waals surface area contributed by atoms with E-state index in [0.29, 0.717) is 18.8 Å². The summed E-state index contributed by atoms with van der Waals surface area (Å²) in [7, 11) is 0.